The lowest BCUT2D eigenvalue weighted by molar-refractivity contribution is 0.416. The second-order valence-electron chi connectivity index (χ2n) is 8.56. The number of benzene rings is 3. The third-order valence-corrected chi connectivity index (χ3v) is 6.60. The molecule has 0 saturated carbocycles. The van der Waals surface area contributed by atoms with Gasteiger partial charge in [-0.3, -0.25) is 9.38 Å². The fraction of sp³-hybridized carbons (Fsp3) is 0.0690. The van der Waals surface area contributed by atoms with Gasteiger partial charge >= 0.3 is 0 Å². The van der Waals surface area contributed by atoms with Crippen molar-refractivity contribution in [3.05, 3.63) is 103 Å². The van der Waals surface area contributed by atoms with Crippen molar-refractivity contribution >= 4 is 38.6 Å². The van der Waals surface area contributed by atoms with Crippen molar-refractivity contribution in [1.82, 2.24) is 23.9 Å². The first-order valence-electron chi connectivity index (χ1n) is 11.5. The molecule has 0 fully saturated rings. The second kappa shape index (κ2) is 7.67. The zero-order chi connectivity index (χ0) is 23.4. The Labute approximate surface area is 201 Å². The van der Waals surface area contributed by atoms with Gasteiger partial charge in [0.25, 0.3) is 0 Å². The van der Waals surface area contributed by atoms with E-state index in [2.05, 4.69) is 64.1 Å². The van der Waals surface area contributed by atoms with Gasteiger partial charge in [-0.25, -0.2) is 9.97 Å². The van der Waals surface area contributed by atoms with Crippen molar-refractivity contribution in [1.29, 1.82) is 0 Å². The van der Waals surface area contributed by atoms with Crippen molar-refractivity contribution in [3.63, 3.8) is 0 Å². The molecule has 0 unspecified atom stereocenters. The number of hydrogen-bond acceptors (Lipinski definition) is 4. The zero-order valence-electron chi connectivity index (χ0n) is 19.1. The molecule has 6 heteroatoms. The van der Waals surface area contributed by atoms with Gasteiger partial charge in [0.15, 0.2) is 11.3 Å². The third kappa shape index (κ3) is 2.93. The maximum atomic E-state index is 5.78. The number of fused-ring (bicyclic) bond motifs is 7. The van der Waals surface area contributed by atoms with Gasteiger partial charge < -0.3 is 9.30 Å². The minimum atomic E-state index is 0.717. The van der Waals surface area contributed by atoms with Gasteiger partial charge in [0.2, 0.25) is 0 Å². The monoisotopic (exact) mass is 455 g/mol. The van der Waals surface area contributed by atoms with Crippen LogP contribution in [0, 0.1) is 0 Å². The number of methoxy groups -OCH3 is 1. The van der Waals surface area contributed by atoms with Gasteiger partial charge in [-0.15, -0.1) is 0 Å². The summed E-state index contributed by atoms with van der Waals surface area (Å²) in [5.74, 6) is 0.785. The van der Waals surface area contributed by atoms with E-state index in [-0.39, 0.29) is 0 Å². The molecule has 35 heavy (non-hydrogen) atoms. The van der Waals surface area contributed by atoms with Crippen LogP contribution in [0.4, 0.5) is 0 Å². The predicted molar refractivity (Wildman–Crippen MR) is 139 cm³/mol. The van der Waals surface area contributed by atoms with E-state index in [0.717, 1.165) is 62.2 Å². The lowest BCUT2D eigenvalue weighted by atomic mass is 10.1. The van der Waals surface area contributed by atoms with E-state index in [1.807, 2.05) is 34.9 Å². The molecule has 7 rings (SSSR count). The van der Waals surface area contributed by atoms with Crippen LogP contribution in [0.15, 0.2) is 97.5 Å². The third-order valence-electron chi connectivity index (χ3n) is 6.60. The normalized spacial score (nSPS) is 11.7. The van der Waals surface area contributed by atoms with Crippen LogP contribution in [-0.2, 0) is 6.54 Å². The van der Waals surface area contributed by atoms with Crippen LogP contribution in [0.1, 0.15) is 5.56 Å². The summed E-state index contributed by atoms with van der Waals surface area (Å²) in [7, 11) is 1.70. The van der Waals surface area contributed by atoms with E-state index in [1.54, 1.807) is 19.5 Å². The Balaban J connectivity index is 1.71. The predicted octanol–water partition coefficient (Wildman–Crippen LogP) is 6.11. The van der Waals surface area contributed by atoms with Crippen molar-refractivity contribution < 1.29 is 4.74 Å². The first kappa shape index (κ1) is 19.7. The maximum absolute atomic E-state index is 5.78. The van der Waals surface area contributed by atoms with E-state index in [4.69, 9.17) is 14.7 Å². The highest BCUT2D eigenvalue weighted by molar-refractivity contribution is 6.22. The number of ether oxygens (including phenoxy) is 1. The SMILES string of the molecule is COc1ccccc1-c1nc2c(nc3cnccn32)c2c3ccccc3n(Cc3ccccc3)c12. The molecular weight excluding hydrogens is 434 g/mol. The molecule has 0 N–H and O–H groups in total. The number of para-hydroxylation sites is 2. The van der Waals surface area contributed by atoms with Crippen LogP contribution in [0.2, 0.25) is 0 Å². The van der Waals surface area contributed by atoms with E-state index in [0.29, 0.717) is 0 Å². The maximum Gasteiger partial charge on any atom is 0.165 e. The van der Waals surface area contributed by atoms with Crippen LogP contribution >= 0.6 is 0 Å². The zero-order valence-corrected chi connectivity index (χ0v) is 19.1. The largest absolute Gasteiger partial charge is 0.496 e. The molecule has 0 atom stereocenters. The molecule has 0 radical (unpaired) electrons. The quantitative estimate of drug-likeness (QED) is 0.321. The lowest BCUT2D eigenvalue weighted by Gasteiger charge is -2.13. The van der Waals surface area contributed by atoms with Gasteiger partial charge in [-0.1, -0.05) is 60.7 Å². The van der Waals surface area contributed by atoms with Gasteiger partial charge in [0.1, 0.15) is 17.0 Å². The summed E-state index contributed by atoms with van der Waals surface area (Å²) in [5, 5.41) is 2.24. The van der Waals surface area contributed by atoms with Crippen molar-refractivity contribution in [2.75, 3.05) is 7.11 Å². The molecule has 6 nitrogen and oxygen atoms in total. The fourth-order valence-electron chi connectivity index (χ4n) is 5.07. The van der Waals surface area contributed by atoms with Gasteiger partial charge in [0, 0.05) is 40.8 Å². The van der Waals surface area contributed by atoms with E-state index in [9.17, 15) is 0 Å². The van der Waals surface area contributed by atoms with Gasteiger partial charge in [-0.05, 0) is 23.8 Å². The smallest absolute Gasteiger partial charge is 0.165 e. The number of aromatic nitrogens is 5. The Morgan fingerprint density at radius 1 is 0.857 bits per heavy atom. The highest BCUT2D eigenvalue weighted by atomic mass is 16.5. The van der Waals surface area contributed by atoms with Crippen molar-refractivity contribution in [2.45, 2.75) is 6.54 Å². The number of pyridine rings is 1. The summed E-state index contributed by atoms with van der Waals surface area (Å²) >= 11 is 0. The van der Waals surface area contributed by atoms with E-state index >= 15 is 0 Å². The summed E-state index contributed by atoms with van der Waals surface area (Å²) in [6.07, 6.45) is 5.46. The number of imidazole rings is 1. The molecule has 0 amide bonds. The summed E-state index contributed by atoms with van der Waals surface area (Å²) in [5.41, 5.74) is 7.68. The lowest BCUT2D eigenvalue weighted by Crippen LogP contribution is -2.02. The minimum Gasteiger partial charge on any atom is -0.496 e. The molecular formula is C29H21N5O. The van der Waals surface area contributed by atoms with Crippen molar-refractivity contribution in [3.8, 4) is 17.0 Å². The molecule has 4 aromatic heterocycles. The number of rotatable bonds is 4. The molecule has 0 spiro atoms. The van der Waals surface area contributed by atoms with E-state index < -0.39 is 0 Å². The Morgan fingerprint density at radius 3 is 2.54 bits per heavy atom. The van der Waals surface area contributed by atoms with Gasteiger partial charge in [-0.2, -0.15) is 0 Å². The van der Waals surface area contributed by atoms with E-state index in [1.165, 1.54) is 5.56 Å². The summed E-state index contributed by atoms with van der Waals surface area (Å²) in [6.45, 7) is 0.717. The molecule has 168 valence electrons. The van der Waals surface area contributed by atoms with Crippen LogP contribution in [0.25, 0.3) is 49.9 Å². The topological polar surface area (TPSA) is 57.2 Å². The summed E-state index contributed by atoms with van der Waals surface area (Å²) in [4.78, 5) is 14.5. The van der Waals surface area contributed by atoms with Crippen LogP contribution in [-0.4, -0.2) is 31.0 Å². The number of nitrogens with zero attached hydrogens (tertiary/aromatic N) is 5. The molecule has 0 bridgehead atoms. The van der Waals surface area contributed by atoms with Crippen molar-refractivity contribution in [2.24, 2.45) is 0 Å². The molecule has 0 aliphatic heterocycles. The molecule has 0 aliphatic rings. The first-order chi connectivity index (χ1) is 17.3. The molecule has 0 saturated heterocycles. The van der Waals surface area contributed by atoms with Gasteiger partial charge in [0.05, 0.1) is 18.8 Å². The molecule has 0 aliphatic carbocycles. The fourth-order valence-corrected chi connectivity index (χ4v) is 5.07. The number of hydrogen-bond donors (Lipinski definition) is 0. The molecule has 4 heterocycles. The molecule has 7 aromatic rings. The Kier molecular flexibility index (Phi) is 4.32. The van der Waals surface area contributed by atoms with Crippen LogP contribution < -0.4 is 4.74 Å². The highest BCUT2D eigenvalue weighted by Gasteiger charge is 2.23. The second-order valence-corrected chi connectivity index (χ2v) is 8.56. The van der Waals surface area contributed by atoms with Crippen LogP contribution in [0.5, 0.6) is 5.75 Å². The van der Waals surface area contributed by atoms with Crippen LogP contribution in [0.3, 0.4) is 0 Å². The Hall–Kier alpha value is -4.71. The minimum absolute atomic E-state index is 0.717. The Morgan fingerprint density at radius 2 is 1.66 bits per heavy atom. The highest BCUT2D eigenvalue weighted by Crippen LogP contribution is 2.41. The average molecular weight is 456 g/mol. The first-order valence-corrected chi connectivity index (χ1v) is 11.5. The summed E-state index contributed by atoms with van der Waals surface area (Å²) in [6, 6.07) is 27.1. The molecule has 3 aromatic carbocycles. The Bertz CT molecular complexity index is 1870. The standard InChI is InChI=1S/C29H21N5O/c1-35-23-14-8-6-12-21(23)26-28-25(27-29(32-26)33-16-15-30-17-24(33)31-27)20-11-5-7-13-22(20)34(28)18-19-9-3-2-4-10-19/h2-17H,18H2,1H3. The summed E-state index contributed by atoms with van der Waals surface area (Å²) < 4.78 is 10.1. The average Bonchev–Trinajstić information content (AvgIpc) is 3.45.